The highest BCUT2D eigenvalue weighted by molar-refractivity contribution is 7.15. The van der Waals surface area contributed by atoms with Gasteiger partial charge in [-0.2, -0.15) is 0 Å². The Balaban J connectivity index is 1.47. The van der Waals surface area contributed by atoms with E-state index in [1.807, 2.05) is 42.5 Å². The van der Waals surface area contributed by atoms with E-state index in [1.54, 1.807) is 11.3 Å². The molecule has 5 nitrogen and oxygen atoms in total. The summed E-state index contributed by atoms with van der Waals surface area (Å²) < 4.78 is 4.99. The van der Waals surface area contributed by atoms with Crippen LogP contribution in [0.15, 0.2) is 75.9 Å². The van der Waals surface area contributed by atoms with Gasteiger partial charge >= 0.3 is 5.76 Å². The maximum Gasteiger partial charge on any atom is 0.434 e. The normalized spacial score (nSPS) is 10.7. The molecule has 0 aliphatic heterocycles. The molecule has 0 bridgehead atoms. The van der Waals surface area contributed by atoms with Crippen LogP contribution in [-0.2, 0) is 6.54 Å². The summed E-state index contributed by atoms with van der Waals surface area (Å²) in [6.07, 6.45) is 0. The first-order chi connectivity index (χ1) is 12.3. The maximum atomic E-state index is 11.1. The van der Waals surface area contributed by atoms with Crippen LogP contribution < -0.4 is 11.1 Å². The third-order valence-corrected chi connectivity index (χ3v) is 4.87. The first-order valence-electron chi connectivity index (χ1n) is 7.82. The second kappa shape index (κ2) is 6.78. The lowest BCUT2D eigenvalue weighted by Gasteiger charge is -2.05. The highest BCUT2D eigenvalue weighted by atomic mass is 32.1. The monoisotopic (exact) mass is 349 g/mol. The second-order valence-electron chi connectivity index (χ2n) is 5.48. The minimum absolute atomic E-state index is 0.288. The standard InChI is InChI=1S/C19H15N3O2S/c23-19-22-21-18(24-19)14-7-4-8-15(11-14)20-12-16-9-10-17(25-16)13-5-2-1-3-6-13/h1-11,20H,12H2,(H,22,23). The van der Waals surface area contributed by atoms with Gasteiger partial charge in [-0.1, -0.05) is 36.4 Å². The molecule has 0 fully saturated rings. The molecule has 124 valence electrons. The summed E-state index contributed by atoms with van der Waals surface area (Å²) in [5, 5.41) is 9.52. The summed E-state index contributed by atoms with van der Waals surface area (Å²) in [6, 6.07) is 22.3. The molecular weight excluding hydrogens is 334 g/mol. The molecule has 2 aromatic carbocycles. The first kappa shape index (κ1) is 15.4. The average molecular weight is 349 g/mol. The molecule has 6 heteroatoms. The number of rotatable bonds is 5. The zero-order valence-electron chi connectivity index (χ0n) is 13.2. The van der Waals surface area contributed by atoms with E-state index < -0.39 is 5.76 Å². The van der Waals surface area contributed by atoms with Crippen molar-refractivity contribution in [1.29, 1.82) is 0 Å². The third kappa shape index (κ3) is 3.54. The second-order valence-corrected chi connectivity index (χ2v) is 6.65. The lowest BCUT2D eigenvalue weighted by molar-refractivity contribution is 0.527. The molecule has 0 aliphatic rings. The van der Waals surface area contributed by atoms with Gasteiger partial charge in [-0.3, -0.25) is 0 Å². The van der Waals surface area contributed by atoms with Crippen LogP contribution in [0.4, 0.5) is 5.69 Å². The predicted octanol–water partition coefficient (Wildman–Crippen LogP) is 4.37. The number of aromatic nitrogens is 2. The van der Waals surface area contributed by atoms with Gasteiger partial charge in [-0.25, -0.2) is 9.89 Å². The van der Waals surface area contributed by atoms with Crippen LogP contribution in [0, 0.1) is 0 Å². The Morgan fingerprint density at radius 2 is 1.84 bits per heavy atom. The summed E-state index contributed by atoms with van der Waals surface area (Å²) in [5.74, 6) is -0.267. The molecule has 0 unspecified atom stereocenters. The van der Waals surface area contributed by atoms with Crippen LogP contribution in [0.3, 0.4) is 0 Å². The van der Waals surface area contributed by atoms with E-state index in [0.29, 0.717) is 0 Å². The predicted molar refractivity (Wildman–Crippen MR) is 99.6 cm³/mol. The quantitative estimate of drug-likeness (QED) is 0.561. The van der Waals surface area contributed by atoms with Crippen molar-refractivity contribution in [2.45, 2.75) is 6.54 Å². The number of aromatic amines is 1. The number of nitrogens with one attached hydrogen (secondary N) is 2. The fraction of sp³-hybridized carbons (Fsp3) is 0.0526. The van der Waals surface area contributed by atoms with E-state index in [-0.39, 0.29) is 5.89 Å². The van der Waals surface area contributed by atoms with Gasteiger partial charge in [0.15, 0.2) is 0 Å². The van der Waals surface area contributed by atoms with E-state index in [0.717, 1.165) is 17.8 Å². The van der Waals surface area contributed by atoms with Gasteiger partial charge in [0.2, 0.25) is 5.89 Å². The van der Waals surface area contributed by atoms with E-state index in [1.165, 1.54) is 15.3 Å². The van der Waals surface area contributed by atoms with Crippen LogP contribution in [0.5, 0.6) is 0 Å². The average Bonchev–Trinajstić information content (AvgIpc) is 3.30. The molecule has 0 amide bonds. The smallest absolute Gasteiger partial charge is 0.388 e. The van der Waals surface area contributed by atoms with Crippen LogP contribution in [-0.4, -0.2) is 10.2 Å². The summed E-state index contributed by atoms with van der Waals surface area (Å²) in [7, 11) is 0. The van der Waals surface area contributed by atoms with Gasteiger partial charge in [-0.15, -0.1) is 16.4 Å². The zero-order valence-corrected chi connectivity index (χ0v) is 14.0. The molecule has 2 aromatic heterocycles. The van der Waals surface area contributed by atoms with Gasteiger partial charge in [-0.05, 0) is 35.9 Å². The highest BCUT2D eigenvalue weighted by Gasteiger charge is 2.06. The number of anilines is 1. The molecule has 2 heterocycles. The summed E-state index contributed by atoms with van der Waals surface area (Å²) in [5.41, 5.74) is 2.92. The van der Waals surface area contributed by atoms with Crippen molar-refractivity contribution in [2.75, 3.05) is 5.32 Å². The van der Waals surface area contributed by atoms with Crippen molar-refractivity contribution in [3.8, 4) is 21.9 Å². The van der Waals surface area contributed by atoms with Crippen molar-refractivity contribution in [1.82, 2.24) is 10.2 Å². The Kier molecular flexibility index (Phi) is 4.18. The fourth-order valence-corrected chi connectivity index (χ4v) is 3.49. The summed E-state index contributed by atoms with van der Waals surface area (Å²) in [6.45, 7) is 0.728. The van der Waals surface area contributed by atoms with Crippen molar-refractivity contribution >= 4 is 17.0 Å². The molecule has 4 aromatic rings. The Morgan fingerprint density at radius 1 is 1.00 bits per heavy atom. The Labute approximate surface area is 148 Å². The number of benzene rings is 2. The van der Waals surface area contributed by atoms with Gasteiger partial charge in [0, 0.05) is 27.5 Å². The topological polar surface area (TPSA) is 70.9 Å². The summed E-state index contributed by atoms with van der Waals surface area (Å²) in [4.78, 5) is 13.6. The van der Waals surface area contributed by atoms with Crippen molar-refractivity contribution in [3.63, 3.8) is 0 Å². The highest BCUT2D eigenvalue weighted by Crippen LogP contribution is 2.28. The van der Waals surface area contributed by atoms with Crippen LogP contribution >= 0.6 is 11.3 Å². The molecule has 2 N–H and O–H groups in total. The maximum absolute atomic E-state index is 11.1. The van der Waals surface area contributed by atoms with Gasteiger partial charge in [0.1, 0.15) is 0 Å². The lowest BCUT2D eigenvalue weighted by Crippen LogP contribution is -1.97. The fourth-order valence-electron chi connectivity index (χ4n) is 2.54. The van der Waals surface area contributed by atoms with E-state index in [4.69, 9.17) is 4.42 Å². The third-order valence-electron chi connectivity index (χ3n) is 3.73. The SMILES string of the molecule is O=c1[nH]nc(-c2cccc(NCc3ccc(-c4ccccc4)s3)c2)o1. The number of hydrogen-bond acceptors (Lipinski definition) is 5. The Bertz CT molecular complexity index is 1030. The minimum Gasteiger partial charge on any atom is -0.388 e. The lowest BCUT2D eigenvalue weighted by atomic mass is 10.2. The number of H-pyrrole nitrogens is 1. The van der Waals surface area contributed by atoms with Crippen LogP contribution in [0.25, 0.3) is 21.9 Å². The van der Waals surface area contributed by atoms with E-state index >= 15 is 0 Å². The van der Waals surface area contributed by atoms with Gasteiger partial charge in [0.25, 0.3) is 0 Å². The Morgan fingerprint density at radius 3 is 2.64 bits per heavy atom. The first-order valence-corrected chi connectivity index (χ1v) is 8.63. The van der Waals surface area contributed by atoms with Crippen LogP contribution in [0.2, 0.25) is 0 Å². The van der Waals surface area contributed by atoms with E-state index in [9.17, 15) is 4.79 Å². The zero-order chi connectivity index (χ0) is 17.1. The van der Waals surface area contributed by atoms with Crippen LogP contribution in [0.1, 0.15) is 4.88 Å². The van der Waals surface area contributed by atoms with Gasteiger partial charge < -0.3 is 9.73 Å². The van der Waals surface area contributed by atoms with E-state index in [2.05, 4.69) is 39.8 Å². The molecule has 4 rings (SSSR count). The minimum atomic E-state index is -0.555. The Hall–Kier alpha value is -3.12. The molecule has 0 saturated heterocycles. The van der Waals surface area contributed by atoms with Crippen molar-refractivity contribution < 1.29 is 4.42 Å². The van der Waals surface area contributed by atoms with Gasteiger partial charge in [0.05, 0.1) is 0 Å². The number of nitrogens with zero attached hydrogens (tertiary/aromatic N) is 1. The molecule has 0 radical (unpaired) electrons. The molecule has 0 aliphatic carbocycles. The molecule has 25 heavy (non-hydrogen) atoms. The molecule has 0 spiro atoms. The number of thiophene rings is 1. The summed E-state index contributed by atoms with van der Waals surface area (Å²) >= 11 is 1.77. The van der Waals surface area contributed by atoms with Crippen molar-refractivity contribution in [3.05, 3.63) is 82.2 Å². The molecular formula is C19H15N3O2S. The number of hydrogen-bond donors (Lipinski definition) is 2. The molecule has 0 saturated carbocycles. The largest absolute Gasteiger partial charge is 0.434 e. The molecule has 0 atom stereocenters. The van der Waals surface area contributed by atoms with Crippen molar-refractivity contribution in [2.24, 2.45) is 0 Å².